The van der Waals surface area contributed by atoms with E-state index in [0.29, 0.717) is 16.7 Å². The number of piperidine rings is 1. The van der Waals surface area contributed by atoms with Gasteiger partial charge in [0.1, 0.15) is 23.6 Å². The molecule has 32 heavy (non-hydrogen) atoms. The maximum Gasteiger partial charge on any atom is 0.269 e. The highest BCUT2D eigenvalue weighted by molar-refractivity contribution is 6.29. The minimum atomic E-state index is -0.654. The smallest absolute Gasteiger partial charge is 0.269 e. The Labute approximate surface area is 188 Å². The van der Waals surface area contributed by atoms with Gasteiger partial charge in [0.15, 0.2) is 5.69 Å². The van der Waals surface area contributed by atoms with Crippen LogP contribution < -0.4 is 11.1 Å². The molecule has 2 fully saturated rings. The van der Waals surface area contributed by atoms with Crippen LogP contribution >= 0.6 is 11.6 Å². The molecule has 0 spiro atoms. The van der Waals surface area contributed by atoms with E-state index in [1.54, 1.807) is 41.3 Å². The van der Waals surface area contributed by atoms with Gasteiger partial charge in [0, 0.05) is 11.4 Å². The third-order valence-corrected chi connectivity index (χ3v) is 6.49. The summed E-state index contributed by atoms with van der Waals surface area (Å²) in [5.41, 5.74) is 6.23. The first-order chi connectivity index (χ1) is 15.4. The predicted octanol–water partition coefficient (Wildman–Crippen LogP) is 2.20. The van der Waals surface area contributed by atoms with Crippen molar-refractivity contribution in [1.82, 2.24) is 19.7 Å². The highest BCUT2D eigenvalue weighted by atomic mass is 35.5. The number of carbonyl (C=O) groups excluding carboxylic acids is 3. The number of benzene rings is 1. The molecule has 10 heteroatoms. The van der Waals surface area contributed by atoms with Gasteiger partial charge >= 0.3 is 0 Å². The average Bonchev–Trinajstić information content (AvgIpc) is 3.47. The van der Waals surface area contributed by atoms with Crippen LogP contribution in [0.5, 0.6) is 0 Å². The van der Waals surface area contributed by atoms with Crippen LogP contribution in [0.4, 0.5) is 5.82 Å². The largest absolute Gasteiger partial charge is 0.364 e. The number of carbonyl (C=O) groups is 3. The molecule has 3 N–H and O–H groups in total. The number of primary amides is 1. The monoisotopic (exact) mass is 452 g/mol. The Morgan fingerprint density at radius 2 is 1.94 bits per heavy atom. The summed E-state index contributed by atoms with van der Waals surface area (Å²) in [4.78, 5) is 44.1. The molecule has 3 heterocycles. The van der Waals surface area contributed by atoms with Gasteiger partial charge in [-0.25, -0.2) is 4.98 Å². The number of aromatic nitrogens is 3. The van der Waals surface area contributed by atoms with E-state index < -0.39 is 11.9 Å². The molecule has 3 aromatic rings. The number of nitrogens with one attached hydrogen (secondary N) is 1. The van der Waals surface area contributed by atoms with E-state index in [2.05, 4.69) is 15.4 Å². The van der Waals surface area contributed by atoms with Crippen molar-refractivity contribution in [2.75, 3.05) is 5.32 Å². The SMILES string of the molecule is NC(=O)c1nn(CC(=O)N2[C@H]3CC[C@H](C3)[C@H]2C(=O)Nc2cccc(Cl)n2)c2ccccc12. The van der Waals surface area contributed by atoms with Crippen LogP contribution in [0.2, 0.25) is 5.15 Å². The molecule has 1 saturated carbocycles. The van der Waals surface area contributed by atoms with Crippen molar-refractivity contribution in [3.63, 3.8) is 0 Å². The molecule has 3 atom stereocenters. The van der Waals surface area contributed by atoms with Gasteiger partial charge < -0.3 is 16.0 Å². The lowest BCUT2D eigenvalue weighted by atomic mass is 9.97. The first-order valence-electron chi connectivity index (χ1n) is 10.4. The lowest BCUT2D eigenvalue weighted by Gasteiger charge is -2.34. The molecule has 0 radical (unpaired) electrons. The van der Waals surface area contributed by atoms with Crippen LogP contribution in [0.15, 0.2) is 42.5 Å². The van der Waals surface area contributed by atoms with Gasteiger partial charge in [0.05, 0.1) is 5.52 Å². The number of halogens is 1. The van der Waals surface area contributed by atoms with Crippen LogP contribution in [0, 0.1) is 5.92 Å². The zero-order chi connectivity index (χ0) is 22.4. The fraction of sp³-hybridized carbons (Fsp3) is 0.318. The number of para-hydroxylation sites is 1. The van der Waals surface area contributed by atoms with E-state index in [0.717, 1.165) is 19.3 Å². The van der Waals surface area contributed by atoms with Gasteiger partial charge in [-0.1, -0.05) is 35.9 Å². The zero-order valence-electron chi connectivity index (χ0n) is 17.1. The lowest BCUT2D eigenvalue weighted by Crippen LogP contribution is -2.52. The van der Waals surface area contributed by atoms with Gasteiger partial charge in [-0.15, -0.1) is 0 Å². The third kappa shape index (κ3) is 3.48. The number of nitrogens with zero attached hydrogens (tertiary/aromatic N) is 4. The minimum Gasteiger partial charge on any atom is -0.364 e. The Morgan fingerprint density at radius 3 is 2.72 bits per heavy atom. The van der Waals surface area contributed by atoms with Crippen molar-refractivity contribution < 1.29 is 14.4 Å². The minimum absolute atomic E-state index is 0.00741. The van der Waals surface area contributed by atoms with E-state index in [1.807, 2.05) is 6.07 Å². The van der Waals surface area contributed by atoms with Crippen LogP contribution in [-0.2, 0) is 16.1 Å². The maximum atomic E-state index is 13.4. The fourth-order valence-electron chi connectivity index (χ4n) is 5.00. The van der Waals surface area contributed by atoms with E-state index in [4.69, 9.17) is 17.3 Å². The molecule has 2 bridgehead atoms. The summed E-state index contributed by atoms with van der Waals surface area (Å²) in [5, 5.41) is 7.95. The van der Waals surface area contributed by atoms with E-state index >= 15 is 0 Å². The maximum absolute atomic E-state index is 13.4. The number of amides is 3. The normalized spacial score (nSPS) is 21.8. The van der Waals surface area contributed by atoms with Gasteiger partial charge in [-0.05, 0) is 43.4 Å². The summed E-state index contributed by atoms with van der Waals surface area (Å²) < 4.78 is 1.48. The Hall–Kier alpha value is -3.46. The molecular formula is C22H21ClN6O3. The number of pyridine rings is 1. The van der Waals surface area contributed by atoms with E-state index in [-0.39, 0.29) is 41.2 Å². The van der Waals surface area contributed by atoms with Crippen LogP contribution in [0.1, 0.15) is 29.8 Å². The second kappa shape index (κ2) is 7.90. The molecule has 2 aliphatic rings. The Balaban J connectivity index is 1.41. The average molecular weight is 453 g/mol. The quantitative estimate of drug-likeness (QED) is 0.574. The molecule has 3 amide bonds. The van der Waals surface area contributed by atoms with Gasteiger partial charge in [-0.3, -0.25) is 19.1 Å². The molecule has 1 aliphatic carbocycles. The standard InChI is InChI=1S/C22H21ClN6O3/c23-16-6-3-7-17(25-16)26-22(32)20-12-8-9-13(10-12)29(20)18(30)11-28-15-5-2-1-4-14(15)19(27-28)21(24)31/h1-7,12-13,20H,8-11H2,(H2,24,31)(H,25,26,32)/t12-,13+,20+/m1/s1. The Kier molecular flexibility index (Phi) is 5.05. The molecule has 2 aromatic heterocycles. The molecular weight excluding hydrogens is 432 g/mol. The van der Waals surface area contributed by atoms with Crippen molar-refractivity contribution >= 4 is 46.0 Å². The van der Waals surface area contributed by atoms with Crippen LogP contribution in [-0.4, -0.2) is 49.5 Å². The number of anilines is 1. The number of nitrogens with two attached hydrogens (primary N) is 1. The summed E-state index contributed by atoms with van der Waals surface area (Å²) in [6, 6.07) is 11.5. The van der Waals surface area contributed by atoms with Crippen molar-refractivity contribution in [3.05, 3.63) is 53.3 Å². The first kappa shape index (κ1) is 20.4. The zero-order valence-corrected chi connectivity index (χ0v) is 17.8. The summed E-state index contributed by atoms with van der Waals surface area (Å²) >= 11 is 5.92. The number of hydrogen-bond donors (Lipinski definition) is 2. The number of rotatable bonds is 5. The fourth-order valence-corrected chi connectivity index (χ4v) is 5.17. The third-order valence-electron chi connectivity index (χ3n) is 6.28. The topological polar surface area (TPSA) is 123 Å². The first-order valence-corrected chi connectivity index (χ1v) is 10.8. The summed E-state index contributed by atoms with van der Waals surface area (Å²) in [6.07, 6.45) is 2.55. The van der Waals surface area contributed by atoms with E-state index in [1.165, 1.54) is 4.68 Å². The molecule has 1 saturated heterocycles. The second-order valence-corrected chi connectivity index (χ2v) is 8.58. The van der Waals surface area contributed by atoms with E-state index in [9.17, 15) is 14.4 Å². The Bertz CT molecular complexity index is 1240. The molecule has 0 unspecified atom stereocenters. The molecule has 164 valence electrons. The summed E-state index contributed by atoms with van der Waals surface area (Å²) in [6.45, 7) is -0.0871. The van der Waals surface area contributed by atoms with Crippen molar-refractivity contribution in [2.24, 2.45) is 11.7 Å². The van der Waals surface area contributed by atoms with Gasteiger partial charge in [0.2, 0.25) is 11.8 Å². The number of likely N-dealkylation sites (tertiary alicyclic amines) is 1. The van der Waals surface area contributed by atoms with Crippen molar-refractivity contribution in [2.45, 2.75) is 37.9 Å². The Morgan fingerprint density at radius 1 is 1.12 bits per heavy atom. The number of fused-ring (bicyclic) bond motifs is 3. The highest BCUT2D eigenvalue weighted by Crippen LogP contribution is 2.43. The highest BCUT2D eigenvalue weighted by Gasteiger charge is 2.51. The van der Waals surface area contributed by atoms with Crippen molar-refractivity contribution in [3.8, 4) is 0 Å². The van der Waals surface area contributed by atoms with Crippen LogP contribution in [0.25, 0.3) is 10.9 Å². The van der Waals surface area contributed by atoms with Gasteiger partial charge in [0.25, 0.3) is 5.91 Å². The molecule has 5 rings (SSSR count). The van der Waals surface area contributed by atoms with Gasteiger partial charge in [-0.2, -0.15) is 5.10 Å². The second-order valence-electron chi connectivity index (χ2n) is 8.20. The lowest BCUT2D eigenvalue weighted by molar-refractivity contribution is -0.141. The number of hydrogen-bond acceptors (Lipinski definition) is 5. The van der Waals surface area contributed by atoms with Crippen molar-refractivity contribution in [1.29, 1.82) is 0 Å². The van der Waals surface area contributed by atoms with Crippen LogP contribution in [0.3, 0.4) is 0 Å². The predicted molar refractivity (Wildman–Crippen MR) is 118 cm³/mol. The summed E-state index contributed by atoms with van der Waals surface area (Å²) in [5.74, 6) is -0.705. The molecule has 1 aliphatic heterocycles. The molecule has 1 aromatic carbocycles. The summed E-state index contributed by atoms with van der Waals surface area (Å²) in [7, 11) is 0. The molecule has 9 nitrogen and oxygen atoms in total.